The summed E-state index contributed by atoms with van der Waals surface area (Å²) in [6.07, 6.45) is 10.1. The third-order valence-corrected chi connectivity index (χ3v) is 6.09. The highest BCUT2D eigenvalue weighted by Crippen LogP contribution is 2.41. The van der Waals surface area contributed by atoms with Crippen molar-refractivity contribution in [1.82, 2.24) is 4.90 Å². The first-order valence-electron chi connectivity index (χ1n) is 9.56. The van der Waals surface area contributed by atoms with E-state index in [-0.39, 0.29) is 23.9 Å². The van der Waals surface area contributed by atoms with Crippen LogP contribution in [0.25, 0.3) is 0 Å². The monoisotopic (exact) mass is 321 g/mol. The number of carbonyl (C=O) groups is 2. The Labute approximate surface area is 139 Å². The van der Waals surface area contributed by atoms with Crippen LogP contribution in [0.5, 0.6) is 0 Å². The van der Waals surface area contributed by atoms with Crippen LogP contribution >= 0.6 is 0 Å². The third kappa shape index (κ3) is 3.72. The Morgan fingerprint density at radius 2 is 1.83 bits per heavy atom. The smallest absolute Gasteiger partial charge is 0.329 e. The van der Waals surface area contributed by atoms with Crippen LogP contribution < -0.4 is 0 Å². The van der Waals surface area contributed by atoms with Gasteiger partial charge in [-0.25, -0.2) is 4.79 Å². The molecule has 1 aliphatic heterocycles. The summed E-state index contributed by atoms with van der Waals surface area (Å²) >= 11 is 0. The van der Waals surface area contributed by atoms with Gasteiger partial charge in [0.15, 0.2) is 0 Å². The number of likely N-dealkylation sites (tertiary alicyclic amines) is 1. The van der Waals surface area contributed by atoms with Gasteiger partial charge in [-0.1, -0.05) is 39.5 Å². The first-order valence-corrected chi connectivity index (χ1v) is 9.56. The minimum absolute atomic E-state index is 0.0702. The van der Waals surface area contributed by atoms with Gasteiger partial charge in [-0.05, 0) is 43.4 Å². The molecule has 23 heavy (non-hydrogen) atoms. The molecule has 3 rings (SSSR count). The Morgan fingerprint density at radius 3 is 2.48 bits per heavy atom. The Bertz CT molecular complexity index is 448. The zero-order chi connectivity index (χ0) is 16.4. The highest BCUT2D eigenvalue weighted by atomic mass is 16.5. The maximum Gasteiger partial charge on any atom is 0.329 e. The molecule has 0 aromatic heterocycles. The molecule has 0 N–H and O–H groups in total. The lowest BCUT2D eigenvalue weighted by Crippen LogP contribution is -2.47. The normalized spacial score (nSPS) is 32.7. The van der Waals surface area contributed by atoms with Crippen molar-refractivity contribution < 1.29 is 14.3 Å². The third-order valence-electron chi connectivity index (χ3n) is 6.09. The second-order valence-electron chi connectivity index (χ2n) is 8.06. The first-order chi connectivity index (χ1) is 11.1. The quantitative estimate of drug-likeness (QED) is 0.744. The highest BCUT2D eigenvalue weighted by Gasteiger charge is 2.39. The van der Waals surface area contributed by atoms with Gasteiger partial charge in [-0.2, -0.15) is 0 Å². The van der Waals surface area contributed by atoms with Crippen molar-refractivity contribution in [2.75, 3.05) is 6.54 Å². The van der Waals surface area contributed by atoms with Gasteiger partial charge in [0.1, 0.15) is 12.1 Å². The lowest BCUT2D eigenvalue weighted by Gasteiger charge is -2.39. The second kappa shape index (κ2) is 7.23. The van der Waals surface area contributed by atoms with Gasteiger partial charge in [0.2, 0.25) is 5.91 Å². The Kier molecular flexibility index (Phi) is 5.27. The molecule has 0 aromatic rings. The maximum absolute atomic E-state index is 12.7. The van der Waals surface area contributed by atoms with Gasteiger partial charge < -0.3 is 9.64 Å². The summed E-state index contributed by atoms with van der Waals surface area (Å²) in [5.41, 5.74) is 0. The van der Waals surface area contributed by atoms with Crippen molar-refractivity contribution in [3.63, 3.8) is 0 Å². The summed E-state index contributed by atoms with van der Waals surface area (Å²) in [5, 5.41) is 0. The van der Waals surface area contributed by atoms with E-state index in [2.05, 4.69) is 0 Å². The number of carbonyl (C=O) groups excluding carboxylic acids is 2. The average Bonchev–Trinajstić information content (AvgIpc) is 2.93. The lowest BCUT2D eigenvalue weighted by molar-refractivity contribution is -0.163. The number of amides is 1. The molecule has 3 aliphatic rings. The van der Waals surface area contributed by atoms with Gasteiger partial charge in [0.25, 0.3) is 0 Å². The number of fused-ring (bicyclic) bond motifs is 1. The molecule has 4 nitrogen and oxygen atoms in total. The molecule has 1 heterocycles. The summed E-state index contributed by atoms with van der Waals surface area (Å²) in [7, 11) is 0. The van der Waals surface area contributed by atoms with Crippen LogP contribution in [-0.4, -0.2) is 35.5 Å². The van der Waals surface area contributed by atoms with E-state index in [9.17, 15) is 9.59 Å². The van der Waals surface area contributed by atoms with E-state index in [1.54, 1.807) is 4.90 Å². The van der Waals surface area contributed by atoms with Crippen LogP contribution in [-0.2, 0) is 14.3 Å². The van der Waals surface area contributed by atoms with Crippen molar-refractivity contribution in [2.24, 2.45) is 17.8 Å². The summed E-state index contributed by atoms with van der Waals surface area (Å²) in [5.74, 6) is 1.66. The number of esters is 1. The molecular formula is C19H31NO3. The molecule has 1 saturated heterocycles. The lowest BCUT2D eigenvalue weighted by atomic mass is 9.70. The number of hydrogen-bond donors (Lipinski definition) is 0. The molecule has 2 aliphatic carbocycles. The van der Waals surface area contributed by atoms with E-state index in [1.165, 1.54) is 32.1 Å². The van der Waals surface area contributed by atoms with Crippen molar-refractivity contribution in [2.45, 2.75) is 83.8 Å². The van der Waals surface area contributed by atoms with Crippen LogP contribution in [0.4, 0.5) is 0 Å². The van der Waals surface area contributed by atoms with Crippen molar-refractivity contribution in [3.8, 4) is 0 Å². The van der Waals surface area contributed by atoms with Gasteiger partial charge in [0.05, 0.1) is 0 Å². The average molecular weight is 321 g/mol. The van der Waals surface area contributed by atoms with E-state index in [4.69, 9.17) is 4.74 Å². The summed E-state index contributed by atoms with van der Waals surface area (Å²) < 4.78 is 5.89. The minimum atomic E-state index is -0.394. The van der Waals surface area contributed by atoms with Gasteiger partial charge in [-0.15, -0.1) is 0 Å². The highest BCUT2D eigenvalue weighted by molar-refractivity contribution is 5.86. The second-order valence-corrected chi connectivity index (χ2v) is 8.06. The van der Waals surface area contributed by atoms with E-state index in [1.807, 2.05) is 13.8 Å². The maximum atomic E-state index is 12.7. The number of ether oxygens (including phenoxy) is 1. The van der Waals surface area contributed by atoms with E-state index < -0.39 is 6.04 Å². The minimum Gasteiger partial charge on any atom is -0.461 e. The molecule has 0 radical (unpaired) electrons. The predicted molar refractivity (Wildman–Crippen MR) is 88.8 cm³/mol. The van der Waals surface area contributed by atoms with Gasteiger partial charge in [-0.3, -0.25) is 4.79 Å². The molecule has 2 saturated carbocycles. The molecule has 0 bridgehead atoms. The Morgan fingerprint density at radius 1 is 1.09 bits per heavy atom. The van der Waals surface area contributed by atoms with Crippen LogP contribution in [0.1, 0.15) is 71.6 Å². The predicted octanol–water partition coefficient (Wildman–Crippen LogP) is 3.54. The van der Waals surface area contributed by atoms with Crippen molar-refractivity contribution >= 4 is 11.9 Å². The molecule has 1 amide bonds. The Balaban J connectivity index is 1.59. The summed E-state index contributed by atoms with van der Waals surface area (Å²) in [4.78, 5) is 26.5. The molecule has 3 fully saturated rings. The van der Waals surface area contributed by atoms with E-state index >= 15 is 0 Å². The molecule has 4 heteroatoms. The Hall–Kier alpha value is -1.06. The fourth-order valence-electron chi connectivity index (χ4n) is 4.89. The number of rotatable bonds is 4. The van der Waals surface area contributed by atoms with Gasteiger partial charge >= 0.3 is 5.97 Å². The zero-order valence-corrected chi connectivity index (χ0v) is 14.6. The topological polar surface area (TPSA) is 46.6 Å². The number of nitrogens with zero attached hydrogens (tertiary/aromatic N) is 1. The molecule has 4 atom stereocenters. The van der Waals surface area contributed by atoms with Crippen LogP contribution in [0, 0.1) is 17.8 Å². The molecule has 0 aromatic carbocycles. The molecule has 0 spiro atoms. The fourth-order valence-corrected chi connectivity index (χ4v) is 4.89. The van der Waals surface area contributed by atoms with Crippen LogP contribution in [0.2, 0.25) is 0 Å². The van der Waals surface area contributed by atoms with Crippen molar-refractivity contribution in [1.29, 1.82) is 0 Å². The standard InChI is InChI=1S/C19H31NO3/c1-13(2)18(20-11-5-8-17(20)21)19(22)23-16-10-9-14-6-3-4-7-15(14)12-16/h13-16,18H,3-12H2,1-2H3/t14-,15-,16-,18-/m1/s1. The largest absolute Gasteiger partial charge is 0.461 e. The molecule has 130 valence electrons. The number of hydrogen-bond acceptors (Lipinski definition) is 3. The SMILES string of the molecule is CC(C)[C@H](C(=O)O[C@@H]1CC[C@H]2CCCC[C@@H]2C1)N1CCCC1=O. The van der Waals surface area contributed by atoms with Crippen LogP contribution in [0.15, 0.2) is 0 Å². The van der Waals surface area contributed by atoms with E-state index in [0.717, 1.165) is 31.1 Å². The molecular weight excluding hydrogens is 290 g/mol. The zero-order valence-electron chi connectivity index (χ0n) is 14.6. The van der Waals surface area contributed by atoms with Crippen molar-refractivity contribution in [3.05, 3.63) is 0 Å². The molecule has 0 unspecified atom stereocenters. The van der Waals surface area contributed by atoms with Crippen LogP contribution in [0.3, 0.4) is 0 Å². The summed E-state index contributed by atoms with van der Waals surface area (Å²) in [6.45, 7) is 4.72. The van der Waals surface area contributed by atoms with E-state index in [0.29, 0.717) is 13.0 Å². The fraction of sp³-hybridized carbons (Fsp3) is 0.895. The van der Waals surface area contributed by atoms with Gasteiger partial charge in [0, 0.05) is 13.0 Å². The first kappa shape index (κ1) is 16.8. The summed E-state index contributed by atoms with van der Waals surface area (Å²) in [6, 6.07) is -0.394.